The first-order chi connectivity index (χ1) is 11.4. The van der Waals surface area contributed by atoms with Gasteiger partial charge in [0, 0.05) is 11.6 Å². The largest absolute Gasteiger partial charge is 0.452 e. The molecule has 0 aliphatic heterocycles. The Kier molecular flexibility index (Phi) is 4.86. The van der Waals surface area contributed by atoms with E-state index < -0.39 is 61.2 Å². The molecule has 138 valence electrons. The first-order valence-electron chi connectivity index (χ1n) is 6.36. The van der Waals surface area contributed by atoms with Crippen LogP contribution in [-0.4, -0.2) is 25.5 Å². The number of hydrogen-bond donors (Lipinski definition) is 0. The summed E-state index contributed by atoms with van der Waals surface area (Å²) in [5, 5.41) is 2.97. The summed E-state index contributed by atoms with van der Waals surface area (Å²) >= 11 is 0. The number of hydrogen-bond acceptors (Lipinski definition) is 4. The van der Waals surface area contributed by atoms with E-state index in [1.165, 1.54) is 0 Å². The minimum absolute atomic E-state index is 0.296. The second-order valence-corrected chi connectivity index (χ2v) is 6.88. The van der Waals surface area contributed by atoms with E-state index in [1.54, 1.807) is 0 Å². The molecule has 0 aliphatic rings. The first-order valence-corrected chi connectivity index (χ1v) is 7.91. The van der Waals surface area contributed by atoms with Crippen molar-refractivity contribution < 1.29 is 43.7 Å². The van der Waals surface area contributed by atoms with Crippen molar-refractivity contribution in [2.75, 3.05) is 0 Å². The van der Waals surface area contributed by atoms with Crippen LogP contribution in [0, 0.1) is 12.7 Å². The topological polar surface area (TPSA) is 60.2 Å². The predicted octanol–water partition coefficient (Wildman–Crippen LogP) is 4.14. The Bertz CT molecular complexity index is 890. The summed E-state index contributed by atoms with van der Waals surface area (Å²) in [4.78, 5) is -0.992. The molecule has 1 aromatic carbocycles. The van der Waals surface area contributed by atoms with Gasteiger partial charge in [0.05, 0.1) is 4.90 Å². The van der Waals surface area contributed by atoms with Crippen LogP contribution in [0.4, 0.5) is 30.7 Å². The third kappa shape index (κ3) is 3.62. The van der Waals surface area contributed by atoms with E-state index in [9.17, 15) is 39.2 Å². The molecule has 1 aromatic heterocycles. The monoisotopic (exact) mass is 391 g/mol. The maximum atomic E-state index is 14.0. The molecule has 1 heterocycles. The lowest BCUT2D eigenvalue weighted by atomic mass is 10.1. The molecule has 0 N–H and O–H groups in total. The number of rotatable bonds is 4. The lowest BCUT2D eigenvalue weighted by Crippen LogP contribution is -2.25. The molecule has 0 saturated carbocycles. The van der Waals surface area contributed by atoms with Gasteiger partial charge >= 0.3 is 6.18 Å². The van der Waals surface area contributed by atoms with Gasteiger partial charge in [-0.25, -0.2) is 26.0 Å². The highest BCUT2D eigenvalue weighted by Crippen LogP contribution is 2.35. The van der Waals surface area contributed by atoms with Crippen molar-refractivity contribution in [3.8, 4) is 11.3 Å². The highest BCUT2D eigenvalue weighted by molar-refractivity contribution is 7.92. The highest BCUT2D eigenvalue weighted by atomic mass is 32.2. The van der Waals surface area contributed by atoms with Crippen LogP contribution in [0.25, 0.3) is 11.3 Å². The van der Waals surface area contributed by atoms with Crippen molar-refractivity contribution in [1.29, 1.82) is 0 Å². The normalized spacial score (nSPS) is 14.1. The van der Waals surface area contributed by atoms with Crippen molar-refractivity contribution in [1.82, 2.24) is 5.16 Å². The number of benzene rings is 1. The summed E-state index contributed by atoms with van der Waals surface area (Å²) in [5.74, 6) is -2.77. The van der Waals surface area contributed by atoms with Gasteiger partial charge in [-0.05, 0) is 24.6 Å². The molecule has 0 saturated heterocycles. The minimum Gasteiger partial charge on any atom is -0.351 e. The third-order valence-corrected chi connectivity index (χ3v) is 4.98. The van der Waals surface area contributed by atoms with Crippen molar-refractivity contribution in [3.63, 3.8) is 0 Å². The van der Waals surface area contributed by atoms with Gasteiger partial charge in [-0.15, -0.1) is 0 Å². The molecule has 25 heavy (non-hydrogen) atoms. The van der Waals surface area contributed by atoms with E-state index in [0.717, 1.165) is 6.92 Å². The predicted molar refractivity (Wildman–Crippen MR) is 69.7 cm³/mol. The second kappa shape index (κ2) is 6.32. The van der Waals surface area contributed by atoms with Crippen molar-refractivity contribution in [3.05, 3.63) is 35.3 Å². The average molecular weight is 391 g/mol. The zero-order valence-electron chi connectivity index (χ0n) is 12.1. The van der Waals surface area contributed by atoms with Crippen LogP contribution in [0.2, 0.25) is 0 Å². The lowest BCUT2D eigenvalue weighted by Gasteiger charge is -2.13. The molecule has 0 aliphatic carbocycles. The number of aromatic nitrogens is 1. The molecule has 0 radical (unpaired) electrons. The molecule has 0 spiro atoms. The van der Waals surface area contributed by atoms with Crippen molar-refractivity contribution in [2.45, 2.75) is 29.9 Å². The van der Waals surface area contributed by atoms with Crippen LogP contribution in [0.3, 0.4) is 0 Å². The van der Waals surface area contributed by atoms with E-state index in [1.807, 2.05) is 0 Å². The second-order valence-electron chi connectivity index (χ2n) is 4.90. The Hall–Kier alpha value is -2.11. The fraction of sp³-hybridized carbons (Fsp3) is 0.308. The Morgan fingerprint density at radius 3 is 2.20 bits per heavy atom. The van der Waals surface area contributed by atoms with Crippen LogP contribution >= 0.6 is 0 Å². The fourth-order valence-electron chi connectivity index (χ4n) is 1.95. The SMILES string of the molecule is Cc1cc(F)c(-c2cc(C(F)(F)F)on2)cc1S(=O)(=O)C(F)C(F)F. The van der Waals surface area contributed by atoms with E-state index >= 15 is 0 Å². The maximum Gasteiger partial charge on any atom is 0.452 e. The summed E-state index contributed by atoms with van der Waals surface area (Å²) < 4.78 is 117. The van der Waals surface area contributed by atoms with Crippen LogP contribution in [0.15, 0.2) is 27.6 Å². The van der Waals surface area contributed by atoms with Crippen molar-refractivity contribution in [2.24, 2.45) is 0 Å². The smallest absolute Gasteiger partial charge is 0.351 e. The van der Waals surface area contributed by atoms with Crippen molar-refractivity contribution >= 4 is 9.84 Å². The Labute approximate surface area is 136 Å². The van der Waals surface area contributed by atoms with Gasteiger partial charge in [0.15, 0.2) is 0 Å². The van der Waals surface area contributed by atoms with E-state index in [2.05, 4.69) is 9.68 Å². The fourth-order valence-corrected chi connectivity index (χ4v) is 3.25. The molecular weight excluding hydrogens is 383 g/mol. The van der Waals surface area contributed by atoms with Crippen LogP contribution < -0.4 is 0 Å². The van der Waals surface area contributed by atoms with E-state index in [0.29, 0.717) is 18.2 Å². The summed E-state index contributed by atoms with van der Waals surface area (Å²) in [5.41, 5.74) is -5.48. The molecule has 0 fully saturated rings. The number of sulfone groups is 1. The summed E-state index contributed by atoms with van der Waals surface area (Å²) in [6, 6.07) is 1.29. The molecule has 4 nitrogen and oxygen atoms in total. The van der Waals surface area contributed by atoms with Gasteiger partial charge < -0.3 is 4.52 Å². The third-order valence-electron chi connectivity index (χ3n) is 3.13. The number of nitrogens with zero attached hydrogens (tertiary/aromatic N) is 1. The Morgan fingerprint density at radius 2 is 1.72 bits per heavy atom. The standard InChI is InChI=1S/C13H8F7NO3S/c1-5-2-7(14)6(8-4-10(24-21-8)13(18,19)20)3-9(5)25(22,23)12(17)11(15)16/h2-4,11-12H,1H3. The molecule has 1 unspecified atom stereocenters. The van der Waals surface area contributed by atoms with E-state index in [-0.39, 0.29) is 0 Å². The Balaban J connectivity index is 2.61. The minimum atomic E-state index is -5.20. The van der Waals surface area contributed by atoms with Gasteiger partial charge in [0.2, 0.25) is 15.6 Å². The van der Waals surface area contributed by atoms with Crippen LogP contribution in [0.5, 0.6) is 0 Å². The van der Waals surface area contributed by atoms with Gasteiger partial charge in [0.1, 0.15) is 11.5 Å². The van der Waals surface area contributed by atoms with Gasteiger partial charge in [-0.2, -0.15) is 13.2 Å². The molecule has 12 heteroatoms. The molecule has 2 rings (SSSR count). The highest BCUT2D eigenvalue weighted by Gasteiger charge is 2.38. The molecule has 2 aromatic rings. The number of alkyl halides is 6. The zero-order chi connectivity index (χ0) is 19.2. The number of halogens is 7. The van der Waals surface area contributed by atoms with Crippen LogP contribution in [0.1, 0.15) is 11.3 Å². The molecule has 1 atom stereocenters. The summed E-state index contributed by atoms with van der Waals surface area (Å²) in [7, 11) is -5.20. The van der Waals surface area contributed by atoms with Crippen LogP contribution in [-0.2, 0) is 16.0 Å². The summed E-state index contributed by atoms with van der Waals surface area (Å²) in [6.45, 7) is 1.02. The summed E-state index contributed by atoms with van der Waals surface area (Å²) in [6.07, 6.45) is -8.79. The molecular formula is C13H8F7NO3S. The Morgan fingerprint density at radius 1 is 1.12 bits per heavy atom. The van der Waals surface area contributed by atoms with E-state index in [4.69, 9.17) is 0 Å². The van der Waals surface area contributed by atoms with Gasteiger partial charge in [0.25, 0.3) is 11.9 Å². The van der Waals surface area contributed by atoms with Gasteiger partial charge in [-0.3, -0.25) is 0 Å². The average Bonchev–Trinajstić information content (AvgIpc) is 2.95. The quantitative estimate of drug-likeness (QED) is 0.581. The zero-order valence-corrected chi connectivity index (χ0v) is 12.9. The molecule has 0 bridgehead atoms. The maximum absolute atomic E-state index is 14.0. The molecule has 0 amide bonds. The first kappa shape index (κ1) is 19.2. The number of aryl methyl sites for hydroxylation is 1. The lowest BCUT2D eigenvalue weighted by molar-refractivity contribution is -0.155. The van der Waals surface area contributed by atoms with Gasteiger partial charge in [-0.1, -0.05) is 5.16 Å².